The molecule has 1 N–H and O–H groups in total. The van der Waals surface area contributed by atoms with Crippen molar-refractivity contribution in [1.29, 1.82) is 0 Å². The Bertz CT molecular complexity index is 460. The first-order valence-electron chi connectivity index (χ1n) is 5.88. The van der Waals surface area contributed by atoms with Crippen molar-refractivity contribution in [1.82, 2.24) is 4.98 Å². The second kappa shape index (κ2) is 4.15. The molecule has 0 saturated heterocycles. The zero-order valence-corrected chi connectivity index (χ0v) is 9.91. The summed E-state index contributed by atoms with van der Waals surface area (Å²) in [6, 6.07) is 8.21. The van der Waals surface area contributed by atoms with Gasteiger partial charge in [-0.15, -0.1) is 11.3 Å². The predicted octanol–water partition coefficient (Wildman–Crippen LogP) is 3.31. The van der Waals surface area contributed by atoms with Crippen molar-refractivity contribution in [2.45, 2.75) is 37.7 Å². The Morgan fingerprint density at radius 1 is 1.19 bits per heavy atom. The van der Waals surface area contributed by atoms with E-state index >= 15 is 0 Å². The summed E-state index contributed by atoms with van der Waals surface area (Å²) in [4.78, 5) is 4.65. The number of fused-ring (bicyclic) bond motifs is 1. The van der Waals surface area contributed by atoms with E-state index in [9.17, 15) is 5.11 Å². The lowest BCUT2D eigenvalue weighted by Crippen LogP contribution is -2.22. The van der Waals surface area contributed by atoms with Crippen LogP contribution in [0.2, 0.25) is 0 Å². The molecule has 2 nitrogen and oxygen atoms in total. The Balaban J connectivity index is 1.98. The zero-order chi connectivity index (χ0) is 11.0. The minimum Gasteiger partial charge on any atom is -0.392 e. The summed E-state index contributed by atoms with van der Waals surface area (Å²) in [5.74, 6) is 0.270. The molecule has 1 saturated carbocycles. The molecule has 1 aliphatic rings. The molecule has 16 heavy (non-hydrogen) atoms. The summed E-state index contributed by atoms with van der Waals surface area (Å²) in [7, 11) is 0. The average Bonchev–Trinajstić information content (AvgIpc) is 2.73. The Morgan fingerprint density at radius 2 is 2.00 bits per heavy atom. The summed E-state index contributed by atoms with van der Waals surface area (Å²) in [6.45, 7) is 0. The summed E-state index contributed by atoms with van der Waals surface area (Å²) in [5, 5.41) is 11.1. The third kappa shape index (κ3) is 1.74. The van der Waals surface area contributed by atoms with E-state index in [1.165, 1.54) is 11.1 Å². The van der Waals surface area contributed by atoms with Crippen molar-refractivity contribution >= 4 is 21.6 Å². The van der Waals surface area contributed by atoms with Gasteiger partial charge in [-0.05, 0) is 25.0 Å². The summed E-state index contributed by atoms with van der Waals surface area (Å²) in [6.07, 6.45) is 4.20. The molecule has 3 heteroatoms. The van der Waals surface area contributed by atoms with Gasteiger partial charge in [0, 0.05) is 5.92 Å². The van der Waals surface area contributed by atoms with E-state index in [1.54, 1.807) is 11.3 Å². The van der Waals surface area contributed by atoms with Gasteiger partial charge in [-0.25, -0.2) is 4.98 Å². The molecule has 2 atom stereocenters. The fourth-order valence-electron chi connectivity index (χ4n) is 2.45. The molecule has 0 amide bonds. The number of aliphatic hydroxyl groups is 1. The van der Waals surface area contributed by atoms with Crippen molar-refractivity contribution in [3.05, 3.63) is 29.3 Å². The Kier molecular flexibility index (Phi) is 2.65. The van der Waals surface area contributed by atoms with Gasteiger partial charge < -0.3 is 5.11 Å². The highest BCUT2D eigenvalue weighted by Gasteiger charge is 2.27. The smallest absolute Gasteiger partial charge is 0.0995 e. The maximum atomic E-state index is 10.0. The first kappa shape index (κ1) is 10.2. The van der Waals surface area contributed by atoms with E-state index in [-0.39, 0.29) is 12.0 Å². The average molecular weight is 233 g/mol. The lowest BCUT2D eigenvalue weighted by atomic mass is 9.87. The summed E-state index contributed by atoms with van der Waals surface area (Å²) >= 11 is 1.74. The molecule has 1 aliphatic carbocycles. The van der Waals surface area contributed by atoms with Crippen molar-refractivity contribution in [2.24, 2.45) is 0 Å². The first-order chi connectivity index (χ1) is 7.84. The number of aliphatic hydroxyl groups excluding tert-OH is 1. The third-order valence-corrected chi connectivity index (χ3v) is 4.53. The summed E-state index contributed by atoms with van der Waals surface area (Å²) in [5.41, 5.74) is 1.07. The van der Waals surface area contributed by atoms with Crippen LogP contribution in [-0.2, 0) is 0 Å². The highest BCUT2D eigenvalue weighted by atomic mass is 32.1. The molecule has 0 bridgehead atoms. The standard InChI is InChI=1S/C13H15NOS/c15-11-7-3-1-5-9(11)13-14-10-6-2-4-8-12(10)16-13/h2,4,6,8-9,11,15H,1,3,5,7H2. The van der Waals surface area contributed by atoms with Gasteiger partial charge in [-0.2, -0.15) is 0 Å². The number of aromatic nitrogens is 1. The van der Waals surface area contributed by atoms with E-state index in [2.05, 4.69) is 11.1 Å². The first-order valence-corrected chi connectivity index (χ1v) is 6.70. The van der Waals surface area contributed by atoms with Crippen molar-refractivity contribution in [3.8, 4) is 0 Å². The third-order valence-electron chi connectivity index (χ3n) is 3.36. The van der Waals surface area contributed by atoms with Crippen LogP contribution in [0.5, 0.6) is 0 Å². The van der Waals surface area contributed by atoms with Gasteiger partial charge in [-0.1, -0.05) is 25.0 Å². The van der Waals surface area contributed by atoms with Crippen molar-refractivity contribution < 1.29 is 5.11 Å². The van der Waals surface area contributed by atoms with Crippen LogP contribution in [0.25, 0.3) is 10.2 Å². The maximum absolute atomic E-state index is 10.0. The van der Waals surface area contributed by atoms with Crippen LogP contribution < -0.4 is 0 Å². The van der Waals surface area contributed by atoms with Crippen LogP contribution in [0.4, 0.5) is 0 Å². The molecule has 0 spiro atoms. The fourth-order valence-corrected chi connectivity index (χ4v) is 3.61. The minimum absolute atomic E-state index is 0.186. The minimum atomic E-state index is -0.186. The van der Waals surface area contributed by atoms with E-state index in [0.717, 1.165) is 29.8 Å². The Morgan fingerprint density at radius 3 is 2.81 bits per heavy atom. The Hall–Kier alpha value is -0.930. The zero-order valence-electron chi connectivity index (χ0n) is 9.10. The number of hydrogen-bond acceptors (Lipinski definition) is 3. The highest BCUT2D eigenvalue weighted by molar-refractivity contribution is 7.18. The van der Waals surface area contributed by atoms with Gasteiger partial charge >= 0.3 is 0 Å². The molecule has 1 heterocycles. The molecule has 2 unspecified atom stereocenters. The molecular formula is C13H15NOS. The second-order valence-electron chi connectivity index (χ2n) is 4.48. The molecule has 84 valence electrons. The largest absolute Gasteiger partial charge is 0.392 e. The lowest BCUT2D eigenvalue weighted by molar-refractivity contribution is 0.106. The number of thiazole rings is 1. The van der Waals surface area contributed by atoms with Gasteiger partial charge in [0.2, 0.25) is 0 Å². The monoisotopic (exact) mass is 233 g/mol. The van der Waals surface area contributed by atoms with Crippen LogP contribution in [0.1, 0.15) is 36.6 Å². The number of rotatable bonds is 1. The predicted molar refractivity (Wildman–Crippen MR) is 66.8 cm³/mol. The molecule has 1 aromatic carbocycles. The molecule has 1 fully saturated rings. The highest BCUT2D eigenvalue weighted by Crippen LogP contribution is 2.36. The van der Waals surface area contributed by atoms with Crippen LogP contribution in [0, 0.1) is 0 Å². The van der Waals surface area contributed by atoms with Crippen LogP contribution in [-0.4, -0.2) is 16.2 Å². The van der Waals surface area contributed by atoms with Gasteiger partial charge in [0.15, 0.2) is 0 Å². The van der Waals surface area contributed by atoms with E-state index in [0.29, 0.717) is 0 Å². The Labute approximate surface area is 99.0 Å². The SMILES string of the molecule is OC1CCCCC1c1nc2ccccc2s1. The quantitative estimate of drug-likeness (QED) is 0.819. The van der Waals surface area contributed by atoms with E-state index < -0.39 is 0 Å². The van der Waals surface area contributed by atoms with Crippen LogP contribution in [0.15, 0.2) is 24.3 Å². The van der Waals surface area contributed by atoms with Crippen molar-refractivity contribution in [2.75, 3.05) is 0 Å². The lowest BCUT2D eigenvalue weighted by Gasteiger charge is -2.25. The topological polar surface area (TPSA) is 33.1 Å². The van der Waals surface area contributed by atoms with Gasteiger partial charge in [0.05, 0.1) is 21.3 Å². The molecule has 0 aliphatic heterocycles. The summed E-state index contributed by atoms with van der Waals surface area (Å²) < 4.78 is 1.23. The van der Waals surface area contributed by atoms with Crippen LogP contribution in [0.3, 0.4) is 0 Å². The maximum Gasteiger partial charge on any atom is 0.0995 e. The molecule has 3 rings (SSSR count). The van der Waals surface area contributed by atoms with Gasteiger partial charge in [0.1, 0.15) is 0 Å². The van der Waals surface area contributed by atoms with Gasteiger partial charge in [-0.3, -0.25) is 0 Å². The molecular weight excluding hydrogens is 218 g/mol. The van der Waals surface area contributed by atoms with Crippen molar-refractivity contribution in [3.63, 3.8) is 0 Å². The van der Waals surface area contributed by atoms with Gasteiger partial charge in [0.25, 0.3) is 0 Å². The number of para-hydroxylation sites is 1. The fraction of sp³-hybridized carbons (Fsp3) is 0.462. The van der Waals surface area contributed by atoms with E-state index in [1.807, 2.05) is 18.2 Å². The molecule has 0 radical (unpaired) electrons. The normalized spacial score (nSPS) is 26.1. The number of benzene rings is 1. The van der Waals surface area contributed by atoms with Crippen LogP contribution >= 0.6 is 11.3 Å². The van der Waals surface area contributed by atoms with E-state index in [4.69, 9.17) is 0 Å². The molecule has 1 aromatic heterocycles. The number of nitrogens with zero attached hydrogens (tertiary/aromatic N) is 1. The molecule has 2 aromatic rings. The second-order valence-corrected chi connectivity index (χ2v) is 5.54. The number of hydrogen-bond donors (Lipinski definition) is 1.